The van der Waals surface area contributed by atoms with Crippen LogP contribution in [0.3, 0.4) is 0 Å². The molecule has 18 heavy (non-hydrogen) atoms. The lowest BCUT2D eigenvalue weighted by Crippen LogP contribution is -2.19. The first-order chi connectivity index (χ1) is 8.67. The third-order valence-electron chi connectivity index (χ3n) is 2.17. The maximum absolute atomic E-state index is 11.7. The van der Waals surface area contributed by atoms with Crippen LogP contribution in [0.1, 0.15) is 5.69 Å². The fourth-order valence-electron chi connectivity index (χ4n) is 1.37. The molecule has 94 valence electrons. The number of nitrogens with one attached hydrogen (secondary N) is 2. The van der Waals surface area contributed by atoms with E-state index in [1.165, 1.54) is 11.3 Å². The summed E-state index contributed by atoms with van der Waals surface area (Å²) in [5.41, 5.74) is 1.55. The molecule has 0 saturated carbocycles. The number of amides is 2. The summed E-state index contributed by atoms with van der Waals surface area (Å²) in [5.74, 6) is 0.692. The van der Waals surface area contributed by atoms with Gasteiger partial charge in [-0.15, -0.1) is 11.3 Å². The molecule has 1 aromatic carbocycles. The van der Waals surface area contributed by atoms with Crippen molar-refractivity contribution in [2.24, 2.45) is 0 Å². The molecular weight excluding hydrogens is 250 g/mol. The molecule has 0 unspecified atom stereocenters. The van der Waals surface area contributed by atoms with Crippen LogP contribution in [0.2, 0.25) is 0 Å². The number of anilines is 2. The van der Waals surface area contributed by atoms with Crippen molar-refractivity contribution >= 4 is 28.2 Å². The fraction of sp³-hybridized carbons (Fsp3) is 0.167. The van der Waals surface area contributed by atoms with Crippen molar-refractivity contribution in [2.75, 3.05) is 17.7 Å². The molecule has 0 radical (unpaired) electrons. The van der Waals surface area contributed by atoms with Crippen molar-refractivity contribution in [3.63, 3.8) is 0 Å². The zero-order chi connectivity index (χ0) is 13.0. The summed E-state index contributed by atoms with van der Waals surface area (Å²) < 4.78 is 5.08. The summed E-state index contributed by atoms with van der Waals surface area (Å²) in [6.45, 7) is 1.88. The van der Waals surface area contributed by atoms with E-state index in [2.05, 4.69) is 15.6 Å². The predicted octanol–water partition coefficient (Wildman–Crippen LogP) is 3.10. The van der Waals surface area contributed by atoms with Crippen LogP contribution in [-0.2, 0) is 0 Å². The maximum Gasteiger partial charge on any atom is 0.325 e. The van der Waals surface area contributed by atoms with Gasteiger partial charge in [0.1, 0.15) is 5.75 Å². The molecule has 0 aliphatic rings. The molecule has 2 N–H and O–H groups in total. The second-order valence-electron chi connectivity index (χ2n) is 3.61. The molecule has 1 heterocycles. The predicted molar refractivity (Wildman–Crippen MR) is 72.5 cm³/mol. The zero-order valence-corrected chi connectivity index (χ0v) is 10.9. The maximum atomic E-state index is 11.7. The number of carbonyl (C=O) groups is 1. The van der Waals surface area contributed by atoms with Gasteiger partial charge in [0.05, 0.1) is 12.8 Å². The quantitative estimate of drug-likeness (QED) is 0.894. The molecule has 5 nitrogen and oxygen atoms in total. The molecule has 6 heteroatoms. The van der Waals surface area contributed by atoms with Crippen molar-refractivity contribution < 1.29 is 9.53 Å². The molecule has 2 rings (SSSR count). The smallest absolute Gasteiger partial charge is 0.325 e. The molecular formula is C12H13N3O2S. The van der Waals surface area contributed by atoms with Gasteiger partial charge in [-0.05, 0) is 19.1 Å². The van der Waals surface area contributed by atoms with Crippen molar-refractivity contribution in [1.29, 1.82) is 0 Å². The van der Waals surface area contributed by atoms with Gasteiger partial charge < -0.3 is 10.1 Å². The topological polar surface area (TPSA) is 63.2 Å². The number of rotatable bonds is 3. The van der Waals surface area contributed by atoms with E-state index in [1.807, 2.05) is 24.4 Å². The Balaban J connectivity index is 1.98. The van der Waals surface area contributed by atoms with E-state index in [9.17, 15) is 4.79 Å². The number of urea groups is 1. The van der Waals surface area contributed by atoms with Crippen LogP contribution >= 0.6 is 11.3 Å². The molecule has 2 aromatic rings. The number of thiazole rings is 1. The van der Waals surface area contributed by atoms with Crippen LogP contribution in [-0.4, -0.2) is 18.1 Å². The number of aromatic nitrogens is 1. The van der Waals surface area contributed by atoms with Crippen molar-refractivity contribution in [1.82, 2.24) is 4.98 Å². The minimum absolute atomic E-state index is 0.322. The third-order valence-corrected chi connectivity index (χ3v) is 3.04. The highest BCUT2D eigenvalue weighted by molar-refractivity contribution is 7.13. The van der Waals surface area contributed by atoms with Gasteiger partial charge in [0.25, 0.3) is 0 Å². The van der Waals surface area contributed by atoms with E-state index in [0.717, 1.165) is 5.69 Å². The van der Waals surface area contributed by atoms with Crippen LogP contribution in [0.15, 0.2) is 29.6 Å². The molecule has 0 bridgehead atoms. The number of ether oxygens (including phenoxy) is 1. The Bertz CT molecular complexity index is 554. The van der Waals surface area contributed by atoms with Gasteiger partial charge in [-0.2, -0.15) is 0 Å². The van der Waals surface area contributed by atoms with E-state index < -0.39 is 0 Å². The number of nitrogens with zero attached hydrogens (tertiary/aromatic N) is 1. The number of benzene rings is 1. The largest absolute Gasteiger partial charge is 0.497 e. The number of methoxy groups -OCH3 is 1. The average Bonchev–Trinajstić information content (AvgIpc) is 2.74. The lowest BCUT2D eigenvalue weighted by atomic mass is 10.3. The number of hydrogen-bond donors (Lipinski definition) is 2. The van der Waals surface area contributed by atoms with Crippen molar-refractivity contribution in [3.8, 4) is 5.75 Å². The SMILES string of the molecule is COc1cccc(NC(=O)Nc2nc(C)cs2)c1. The van der Waals surface area contributed by atoms with Gasteiger partial charge in [0, 0.05) is 17.1 Å². The molecule has 0 saturated heterocycles. The second-order valence-corrected chi connectivity index (χ2v) is 4.46. The third kappa shape index (κ3) is 3.21. The van der Waals surface area contributed by atoms with Gasteiger partial charge in [0.2, 0.25) is 0 Å². The molecule has 0 fully saturated rings. The van der Waals surface area contributed by atoms with Crippen LogP contribution < -0.4 is 15.4 Å². The van der Waals surface area contributed by atoms with Crippen molar-refractivity contribution in [2.45, 2.75) is 6.92 Å². The second kappa shape index (κ2) is 5.50. The fourth-order valence-corrected chi connectivity index (χ4v) is 2.05. The summed E-state index contributed by atoms with van der Waals surface area (Å²) in [6, 6.07) is 6.83. The highest BCUT2D eigenvalue weighted by atomic mass is 32.1. The summed E-state index contributed by atoms with van der Waals surface area (Å²) in [6.07, 6.45) is 0. The normalized spacial score (nSPS) is 9.89. The molecule has 0 aliphatic carbocycles. The van der Waals surface area contributed by atoms with Crippen LogP contribution in [0, 0.1) is 6.92 Å². The Kier molecular flexibility index (Phi) is 3.78. The molecule has 0 aliphatic heterocycles. The van der Waals surface area contributed by atoms with Gasteiger partial charge >= 0.3 is 6.03 Å². The van der Waals surface area contributed by atoms with E-state index in [0.29, 0.717) is 16.6 Å². The van der Waals surface area contributed by atoms with Gasteiger partial charge in [0.15, 0.2) is 5.13 Å². The van der Waals surface area contributed by atoms with Gasteiger partial charge in [-0.3, -0.25) is 5.32 Å². The summed E-state index contributed by atoms with van der Waals surface area (Å²) in [5, 5.41) is 7.83. The Hall–Kier alpha value is -2.08. The molecule has 2 amide bonds. The Labute approximate surface area is 109 Å². The minimum Gasteiger partial charge on any atom is -0.497 e. The van der Waals surface area contributed by atoms with E-state index in [1.54, 1.807) is 19.2 Å². The standard InChI is InChI=1S/C12H13N3O2S/c1-8-7-18-12(13-8)15-11(16)14-9-4-3-5-10(6-9)17-2/h3-7H,1-2H3,(H2,13,14,15,16). The Morgan fingerprint density at radius 1 is 1.39 bits per heavy atom. The first-order valence-electron chi connectivity index (χ1n) is 5.31. The van der Waals surface area contributed by atoms with Crippen LogP contribution in [0.25, 0.3) is 0 Å². The molecule has 1 aromatic heterocycles. The number of aryl methyl sites for hydroxylation is 1. The van der Waals surface area contributed by atoms with Gasteiger partial charge in [-0.25, -0.2) is 9.78 Å². The summed E-state index contributed by atoms with van der Waals surface area (Å²) in [7, 11) is 1.58. The molecule has 0 spiro atoms. The Morgan fingerprint density at radius 2 is 2.22 bits per heavy atom. The zero-order valence-electron chi connectivity index (χ0n) is 10.1. The minimum atomic E-state index is -0.322. The number of carbonyl (C=O) groups excluding carboxylic acids is 1. The lowest BCUT2D eigenvalue weighted by molar-refractivity contribution is 0.262. The summed E-state index contributed by atoms with van der Waals surface area (Å²) >= 11 is 1.39. The van der Waals surface area contributed by atoms with Crippen LogP contribution in [0.5, 0.6) is 5.75 Å². The number of hydrogen-bond acceptors (Lipinski definition) is 4. The first kappa shape index (κ1) is 12.4. The van der Waals surface area contributed by atoms with E-state index >= 15 is 0 Å². The van der Waals surface area contributed by atoms with E-state index in [-0.39, 0.29) is 6.03 Å². The average molecular weight is 263 g/mol. The monoisotopic (exact) mass is 263 g/mol. The molecule has 0 atom stereocenters. The Morgan fingerprint density at radius 3 is 2.89 bits per heavy atom. The first-order valence-corrected chi connectivity index (χ1v) is 6.19. The highest BCUT2D eigenvalue weighted by Crippen LogP contribution is 2.18. The summed E-state index contributed by atoms with van der Waals surface area (Å²) in [4.78, 5) is 15.8. The van der Waals surface area contributed by atoms with E-state index in [4.69, 9.17) is 4.74 Å². The van der Waals surface area contributed by atoms with Crippen molar-refractivity contribution in [3.05, 3.63) is 35.3 Å². The van der Waals surface area contributed by atoms with Gasteiger partial charge in [-0.1, -0.05) is 6.07 Å². The van der Waals surface area contributed by atoms with Crippen LogP contribution in [0.4, 0.5) is 15.6 Å². The lowest BCUT2D eigenvalue weighted by Gasteiger charge is -2.06. The highest BCUT2D eigenvalue weighted by Gasteiger charge is 2.05.